The molecule has 0 saturated heterocycles. The molecular formula is C14H15N3O3. The number of nitrogens with two attached hydrogens (primary N) is 1. The maximum absolute atomic E-state index is 11.1. The molecule has 1 unspecified atom stereocenters. The number of primary amides is 1. The summed E-state index contributed by atoms with van der Waals surface area (Å²) in [4.78, 5) is 26.1. The van der Waals surface area contributed by atoms with E-state index in [1.165, 1.54) is 6.07 Å². The van der Waals surface area contributed by atoms with Gasteiger partial charge in [0.05, 0.1) is 5.52 Å². The zero-order valence-electron chi connectivity index (χ0n) is 11.0. The minimum absolute atomic E-state index is 0.0440. The SMILES string of the molecule is CC(CC(N)=O)Nc1cc(C(=O)O)nc2ccccc12. The number of nitrogens with one attached hydrogen (secondary N) is 1. The van der Waals surface area contributed by atoms with Crippen LogP contribution in [0.5, 0.6) is 0 Å². The molecule has 104 valence electrons. The van der Waals surface area contributed by atoms with Gasteiger partial charge in [-0.25, -0.2) is 9.78 Å². The summed E-state index contributed by atoms with van der Waals surface area (Å²) in [5, 5.41) is 13.0. The molecule has 0 aliphatic rings. The molecule has 6 heteroatoms. The third-order valence-electron chi connectivity index (χ3n) is 2.84. The number of nitrogens with zero attached hydrogens (tertiary/aromatic N) is 1. The molecule has 1 aromatic carbocycles. The van der Waals surface area contributed by atoms with Gasteiger partial charge in [0.2, 0.25) is 5.91 Å². The first-order valence-corrected chi connectivity index (χ1v) is 6.15. The van der Waals surface area contributed by atoms with Crippen LogP contribution in [0.3, 0.4) is 0 Å². The van der Waals surface area contributed by atoms with Crippen molar-refractivity contribution in [3.8, 4) is 0 Å². The van der Waals surface area contributed by atoms with Crippen LogP contribution in [-0.4, -0.2) is 28.0 Å². The van der Waals surface area contributed by atoms with Crippen LogP contribution in [0, 0.1) is 0 Å². The predicted molar refractivity (Wildman–Crippen MR) is 75.6 cm³/mol. The van der Waals surface area contributed by atoms with Gasteiger partial charge in [-0.3, -0.25) is 4.79 Å². The number of carbonyl (C=O) groups excluding carboxylic acids is 1. The highest BCUT2D eigenvalue weighted by molar-refractivity contribution is 5.97. The Morgan fingerprint density at radius 3 is 2.75 bits per heavy atom. The largest absolute Gasteiger partial charge is 0.477 e. The van der Waals surface area contributed by atoms with Gasteiger partial charge in [0.25, 0.3) is 0 Å². The summed E-state index contributed by atoms with van der Waals surface area (Å²) in [5.74, 6) is -1.51. The summed E-state index contributed by atoms with van der Waals surface area (Å²) >= 11 is 0. The van der Waals surface area contributed by atoms with Crippen molar-refractivity contribution in [1.82, 2.24) is 4.98 Å². The fraction of sp³-hybridized carbons (Fsp3) is 0.214. The lowest BCUT2D eigenvalue weighted by atomic mass is 10.1. The molecule has 0 spiro atoms. The number of para-hydroxylation sites is 1. The number of pyridine rings is 1. The van der Waals surface area contributed by atoms with Crippen molar-refractivity contribution in [2.45, 2.75) is 19.4 Å². The molecule has 0 aliphatic carbocycles. The fourth-order valence-electron chi connectivity index (χ4n) is 2.02. The summed E-state index contributed by atoms with van der Waals surface area (Å²) in [6.07, 6.45) is 0.166. The zero-order chi connectivity index (χ0) is 14.7. The number of anilines is 1. The van der Waals surface area contributed by atoms with Crippen LogP contribution < -0.4 is 11.1 Å². The highest BCUT2D eigenvalue weighted by Crippen LogP contribution is 2.24. The molecule has 2 rings (SSSR count). The number of benzene rings is 1. The first-order chi connectivity index (χ1) is 9.47. The number of fused-ring (bicyclic) bond motifs is 1. The number of carboxylic acid groups (broad SMARTS) is 1. The lowest BCUT2D eigenvalue weighted by Gasteiger charge is -2.16. The van der Waals surface area contributed by atoms with Crippen molar-refractivity contribution in [2.75, 3.05) is 5.32 Å². The van der Waals surface area contributed by atoms with Gasteiger partial charge in [0.15, 0.2) is 5.69 Å². The number of carboxylic acids is 1. The van der Waals surface area contributed by atoms with Crippen molar-refractivity contribution >= 4 is 28.5 Å². The van der Waals surface area contributed by atoms with E-state index in [2.05, 4.69) is 10.3 Å². The summed E-state index contributed by atoms with van der Waals surface area (Å²) in [5.41, 5.74) is 6.32. The molecule has 1 amide bonds. The molecule has 6 nitrogen and oxygen atoms in total. The lowest BCUT2D eigenvalue weighted by Crippen LogP contribution is -2.24. The van der Waals surface area contributed by atoms with Crippen molar-refractivity contribution < 1.29 is 14.7 Å². The predicted octanol–water partition coefficient (Wildman–Crippen LogP) is 1.61. The Hall–Kier alpha value is -2.63. The molecule has 2 aromatic rings. The standard InChI is InChI=1S/C14H15N3O3/c1-8(6-13(15)18)16-11-7-12(14(19)20)17-10-5-3-2-4-9(10)11/h2-5,7-8H,6H2,1H3,(H2,15,18)(H,16,17)(H,19,20). The van der Waals surface area contributed by atoms with Crippen LogP contribution >= 0.6 is 0 Å². The van der Waals surface area contributed by atoms with E-state index in [4.69, 9.17) is 10.8 Å². The van der Waals surface area contributed by atoms with E-state index in [1.54, 1.807) is 19.1 Å². The van der Waals surface area contributed by atoms with E-state index in [-0.39, 0.29) is 18.2 Å². The van der Waals surface area contributed by atoms with Crippen molar-refractivity contribution in [3.05, 3.63) is 36.0 Å². The minimum atomic E-state index is -1.10. The smallest absolute Gasteiger partial charge is 0.354 e. The number of rotatable bonds is 5. The van der Waals surface area contributed by atoms with E-state index in [9.17, 15) is 9.59 Å². The van der Waals surface area contributed by atoms with E-state index in [0.717, 1.165) is 5.39 Å². The Morgan fingerprint density at radius 2 is 2.10 bits per heavy atom. The molecule has 1 aromatic heterocycles. The second kappa shape index (κ2) is 5.56. The Bertz CT molecular complexity index is 670. The molecule has 0 aliphatic heterocycles. The van der Waals surface area contributed by atoms with Gasteiger partial charge in [-0.05, 0) is 19.1 Å². The Kier molecular flexibility index (Phi) is 3.84. The molecule has 20 heavy (non-hydrogen) atoms. The van der Waals surface area contributed by atoms with Gasteiger partial charge >= 0.3 is 5.97 Å². The second-order valence-corrected chi connectivity index (χ2v) is 4.59. The van der Waals surface area contributed by atoms with Gasteiger partial charge in [0, 0.05) is 23.5 Å². The quantitative estimate of drug-likeness (QED) is 0.767. The Balaban J connectivity index is 2.44. The summed E-state index contributed by atoms with van der Waals surface area (Å²) < 4.78 is 0. The van der Waals surface area contributed by atoms with Crippen LogP contribution in [0.1, 0.15) is 23.8 Å². The maximum Gasteiger partial charge on any atom is 0.354 e. The monoisotopic (exact) mass is 273 g/mol. The number of hydrogen-bond acceptors (Lipinski definition) is 4. The van der Waals surface area contributed by atoms with E-state index in [0.29, 0.717) is 11.2 Å². The van der Waals surface area contributed by atoms with E-state index in [1.807, 2.05) is 12.1 Å². The first kappa shape index (κ1) is 13.8. The zero-order valence-corrected chi connectivity index (χ0v) is 11.0. The fourth-order valence-corrected chi connectivity index (χ4v) is 2.02. The first-order valence-electron chi connectivity index (χ1n) is 6.15. The molecule has 0 fully saturated rings. The highest BCUT2D eigenvalue weighted by atomic mass is 16.4. The molecule has 1 atom stereocenters. The number of hydrogen-bond donors (Lipinski definition) is 3. The molecule has 0 bridgehead atoms. The topological polar surface area (TPSA) is 105 Å². The van der Waals surface area contributed by atoms with Crippen molar-refractivity contribution in [2.24, 2.45) is 5.73 Å². The number of aromatic nitrogens is 1. The molecule has 0 saturated carbocycles. The van der Waals surface area contributed by atoms with Gasteiger partial charge < -0.3 is 16.2 Å². The van der Waals surface area contributed by atoms with E-state index >= 15 is 0 Å². The third kappa shape index (κ3) is 3.03. The van der Waals surface area contributed by atoms with Gasteiger partial charge in [-0.15, -0.1) is 0 Å². The lowest BCUT2D eigenvalue weighted by molar-refractivity contribution is -0.118. The third-order valence-corrected chi connectivity index (χ3v) is 2.84. The van der Waals surface area contributed by atoms with Gasteiger partial charge in [0.1, 0.15) is 0 Å². The molecule has 4 N–H and O–H groups in total. The molecule has 1 heterocycles. The highest BCUT2D eigenvalue weighted by Gasteiger charge is 2.13. The van der Waals surface area contributed by atoms with Crippen LogP contribution in [0.2, 0.25) is 0 Å². The van der Waals surface area contributed by atoms with Crippen LogP contribution in [0.4, 0.5) is 5.69 Å². The normalized spacial score (nSPS) is 12.1. The van der Waals surface area contributed by atoms with Crippen LogP contribution in [0.15, 0.2) is 30.3 Å². The van der Waals surface area contributed by atoms with Crippen molar-refractivity contribution in [3.63, 3.8) is 0 Å². The van der Waals surface area contributed by atoms with Gasteiger partial charge in [-0.1, -0.05) is 18.2 Å². The molecule has 0 radical (unpaired) electrons. The van der Waals surface area contributed by atoms with Crippen LogP contribution in [-0.2, 0) is 4.79 Å². The summed E-state index contributed by atoms with van der Waals surface area (Å²) in [6.45, 7) is 1.81. The number of aromatic carboxylic acids is 1. The summed E-state index contributed by atoms with van der Waals surface area (Å²) in [6, 6.07) is 8.48. The Morgan fingerprint density at radius 1 is 1.40 bits per heavy atom. The minimum Gasteiger partial charge on any atom is -0.477 e. The Labute approximate surface area is 115 Å². The van der Waals surface area contributed by atoms with Crippen LogP contribution in [0.25, 0.3) is 10.9 Å². The summed E-state index contributed by atoms with van der Waals surface area (Å²) in [7, 11) is 0. The average Bonchev–Trinajstić information content (AvgIpc) is 2.37. The molecular weight excluding hydrogens is 258 g/mol. The van der Waals surface area contributed by atoms with Crippen molar-refractivity contribution in [1.29, 1.82) is 0 Å². The number of amides is 1. The second-order valence-electron chi connectivity index (χ2n) is 4.59. The van der Waals surface area contributed by atoms with E-state index < -0.39 is 11.9 Å². The average molecular weight is 273 g/mol. The number of carbonyl (C=O) groups is 2. The van der Waals surface area contributed by atoms with Gasteiger partial charge in [-0.2, -0.15) is 0 Å². The maximum atomic E-state index is 11.1.